The average molecular weight is 192 g/mol. The van der Waals surface area contributed by atoms with Gasteiger partial charge in [0.05, 0.1) is 12.3 Å². The third-order valence-electron chi connectivity index (χ3n) is 2.72. The normalized spacial score (nSPS) is 22.2. The molecule has 76 valence electrons. The summed E-state index contributed by atoms with van der Waals surface area (Å²) in [6.45, 7) is 1.13. The maximum absolute atomic E-state index is 8.86. The summed E-state index contributed by atoms with van der Waals surface area (Å²) in [5, 5.41) is 12.3. The van der Waals surface area contributed by atoms with Crippen molar-refractivity contribution in [2.45, 2.75) is 31.9 Å². The molecule has 0 aliphatic carbocycles. The zero-order chi connectivity index (χ0) is 9.80. The molecule has 0 aromatic carbocycles. The highest BCUT2D eigenvalue weighted by Gasteiger charge is 2.14. The van der Waals surface area contributed by atoms with E-state index in [1.807, 2.05) is 12.3 Å². The molecule has 1 fully saturated rings. The van der Waals surface area contributed by atoms with Crippen LogP contribution in [0.5, 0.6) is 0 Å². The predicted octanol–water partition coefficient (Wildman–Crippen LogP) is 1.39. The first kappa shape index (κ1) is 9.62. The summed E-state index contributed by atoms with van der Waals surface area (Å²) in [7, 11) is 0. The van der Waals surface area contributed by atoms with Gasteiger partial charge in [-0.1, -0.05) is 12.5 Å². The molecule has 0 spiro atoms. The molecule has 0 saturated carbocycles. The summed E-state index contributed by atoms with van der Waals surface area (Å²) < 4.78 is 0. The van der Waals surface area contributed by atoms with E-state index in [1.54, 1.807) is 0 Å². The lowest BCUT2D eigenvalue weighted by Crippen LogP contribution is -2.26. The van der Waals surface area contributed by atoms with Gasteiger partial charge in [-0.25, -0.2) is 0 Å². The van der Waals surface area contributed by atoms with E-state index in [1.165, 1.54) is 24.8 Å². The lowest BCUT2D eigenvalue weighted by Gasteiger charge is -2.23. The van der Waals surface area contributed by atoms with Crippen molar-refractivity contribution in [2.24, 2.45) is 0 Å². The van der Waals surface area contributed by atoms with Crippen LogP contribution in [0.3, 0.4) is 0 Å². The molecule has 0 unspecified atom stereocenters. The molecule has 1 aromatic rings. The number of pyridine rings is 1. The highest BCUT2D eigenvalue weighted by Crippen LogP contribution is 2.21. The molecule has 1 aliphatic heterocycles. The van der Waals surface area contributed by atoms with E-state index in [0.29, 0.717) is 6.04 Å². The van der Waals surface area contributed by atoms with E-state index in [-0.39, 0.29) is 6.61 Å². The lowest BCUT2D eigenvalue weighted by molar-refractivity contribution is 0.276. The molecule has 14 heavy (non-hydrogen) atoms. The van der Waals surface area contributed by atoms with Crippen molar-refractivity contribution < 1.29 is 5.11 Å². The first-order chi connectivity index (χ1) is 6.90. The summed E-state index contributed by atoms with van der Waals surface area (Å²) in [4.78, 5) is 4.18. The molecule has 0 bridgehead atoms. The molecule has 0 amide bonds. The number of hydrogen-bond donors (Lipinski definition) is 2. The fourth-order valence-electron chi connectivity index (χ4n) is 1.87. The van der Waals surface area contributed by atoms with E-state index >= 15 is 0 Å². The quantitative estimate of drug-likeness (QED) is 0.744. The molecule has 2 N–H and O–H groups in total. The van der Waals surface area contributed by atoms with Crippen molar-refractivity contribution >= 4 is 0 Å². The maximum Gasteiger partial charge on any atom is 0.0852 e. The fraction of sp³-hybridized carbons (Fsp3) is 0.545. The van der Waals surface area contributed by atoms with Crippen LogP contribution in [0.15, 0.2) is 18.3 Å². The minimum Gasteiger partial charge on any atom is -0.390 e. The second-order valence-corrected chi connectivity index (χ2v) is 3.74. The Hall–Kier alpha value is -0.930. The molecule has 1 aliphatic rings. The fourth-order valence-corrected chi connectivity index (χ4v) is 1.87. The van der Waals surface area contributed by atoms with Crippen LogP contribution in [0.2, 0.25) is 0 Å². The van der Waals surface area contributed by atoms with Crippen LogP contribution in [-0.4, -0.2) is 16.6 Å². The summed E-state index contributed by atoms with van der Waals surface area (Å²) in [6.07, 6.45) is 5.63. The van der Waals surface area contributed by atoms with Crippen LogP contribution >= 0.6 is 0 Å². The van der Waals surface area contributed by atoms with E-state index < -0.39 is 0 Å². The Morgan fingerprint density at radius 3 is 2.93 bits per heavy atom. The van der Waals surface area contributed by atoms with Crippen LogP contribution in [0.25, 0.3) is 0 Å². The number of aliphatic hydroxyl groups excluding tert-OH is 1. The SMILES string of the molecule is OCc1ccc([C@@H]2CCCCN2)cn1. The zero-order valence-electron chi connectivity index (χ0n) is 8.24. The molecular formula is C11H16N2O. The number of rotatable bonds is 2. The third kappa shape index (κ3) is 2.11. The molecule has 1 aromatic heterocycles. The number of aliphatic hydroxyl groups is 1. The van der Waals surface area contributed by atoms with Gasteiger partial charge in [-0.2, -0.15) is 0 Å². The first-order valence-corrected chi connectivity index (χ1v) is 5.19. The second kappa shape index (κ2) is 4.53. The largest absolute Gasteiger partial charge is 0.390 e. The van der Waals surface area contributed by atoms with Crippen LogP contribution in [0.1, 0.15) is 36.6 Å². The number of aromatic nitrogens is 1. The van der Waals surface area contributed by atoms with E-state index in [0.717, 1.165) is 12.2 Å². The molecule has 2 heterocycles. The summed E-state index contributed by atoms with van der Waals surface area (Å²) in [5.74, 6) is 0. The van der Waals surface area contributed by atoms with E-state index in [9.17, 15) is 0 Å². The Kier molecular flexibility index (Phi) is 3.11. The number of nitrogens with zero attached hydrogens (tertiary/aromatic N) is 1. The molecule has 3 nitrogen and oxygen atoms in total. The van der Waals surface area contributed by atoms with Gasteiger partial charge in [-0.3, -0.25) is 4.98 Å². The minimum atomic E-state index is 0.0262. The first-order valence-electron chi connectivity index (χ1n) is 5.19. The van der Waals surface area contributed by atoms with Gasteiger partial charge in [0.15, 0.2) is 0 Å². The Balaban J connectivity index is 2.07. The van der Waals surface area contributed by atoms with Crippen molar-refractivity contribution in [3.63, 3.8) is 0 Å². The molecule has 1 atom stereocenters. The maximum atomic E-state index is 8.86. The van der Waals surface area contributed by atoms with Crippen molar-refractivity contribution in [1.29, 1.82) is 0 Å². The number of piperidine rings is 1. The number of hydrogen-bond acceptors (Lipinski definition) is 3. The van der Waals surface area contributed by atoms with Gasteiger partial charge >= 0.3 is 0 Å². The van der Waals surface area contributed by atoms with Crippen LogP contribution in [0.4, 0.5) is 0 Å². The Bertz CT molecular complexity index is 278. The third-order valence-corrected chi connectivity index (χ3v) is 2.72. The Morgan fingerprint density at radius 2 is 2.36 bits per heavy atom. The highest BCUT2D eigenvalue weighted by atomic mass is 16.3. The smallest absolute Gasteiger partial charge is 0.0852 e. The average Bonchev–Trinajstić information content (AvgIpc) is 2.30. The van der Waals surface area contributed by atoms with Crippen molar-refractivity contribution in [3.8, 4) is 0 Å². The Labute approximate surface area is 84.2 Å². The van der Waals surface area contributed by atoms with Gasteiger partial charge in [0.25, 0.3) is 0 Å². The molecule has 3 heteroatoms. The summed E-state index contributed by atoms with van der Waals surface area (Å²) in [5.41, 5.74) is 1.98. The number of nitrogens with one attached hydrogen (secondary N) is 1. The van der Waals surface area contributed by atoms with Gasteiger partial charge in [0.2, 0.25) is 0 Å². The topological polar surface area (TPSA) is 45.1 Å². The van der Waals surface area contributed by atoms with Crippen molar-refractivity contribution in [2.75, 3.05) is 6.54 Å². The second-order valence-electron chi connectivity index (χ2n) is 3.74. The lowest BCUT2D eigenvalue weighted by atomic mass is 9.99. The predicted molar refractivity (Wildman–Crippen MR) is 54.8 cm³/mol. The molecular weight excluding hydrogens is 176 g/mol. The van der Waals surface area contributed by atoms with E-state index in [2.05, 4.69) is 16.4 Å². The van der Waals surface area contributed by atoms with Crippen LogP contribution in [0, 0.1) is 0 Å². The van der Waals surface area contributed by atoms with Crippen molar-refractivity contribution in [1.82, 2.24) is 10.3 Å². The standard InChI is InChI=1S/C11H16N2O/c14-8-10-5-4-9(7-13-10)11-3-1-2-6-12-11/h4-5,7,11-12,14H,1-3,6,8H2/t11-/m0/s1. The molecule has 1 saturated heterocycles. The molecule has 0 radical (unpaired) electrons. The van der Waals surface area contributed by atoms with Crippen LogP contribution < -0.4 is 5.32 Å². The zero-order valence-corrected chi connectivity index (χ0v) is 8.24. The van der Waals surface area contributed by atoms with Gasteiger partial charge in [-0.15, -0.1) is 0 Å². The van der Waals surface area contributed by atoms with Gasteiger partial charge in [0, 0.05) is 12.2 Å². The highest BCUT2D eigenvalue weighted by molar-refractivity contribution is 5.17. The monoisotopic (exact) mass is 192 g/mol. The van der Waals surface area contributed by atoms with Gasteiger partial charge in [-0.05, 0) is 31.0 Å². The van der Waals surface area contributed by atoms with Gasteiger partial charge in [0.1, 0.15) is 0 Å². The molecule has 2 rings (SSSR count). The summed E-state index contributed by atoms with van der Waals surface area (Å²) in [6, 6.07) is 4.41. The summed E-state index contributed by atoms with van der Waals surface area (Å²) >= 11 is 0. The van der Waals surface area contributed by atoms with E-state index in [4.69, 9.17) is 5.11 Å². The van der Waals surface area contributed by atoms with Gasteiger partial charge < -0.3 is 10.4 Å². The van der Waals surface area contributed by atoms with Crippen LogP contribution in [-0.2, 0) is 6.61 Å². The van der Waals surface area contributed by atoms with Crippen molar-refractivity contribution in [3.05, 3.63) is 29.6 Å². The minimum absolute atomic E-state index is 0.0262. The Morgan fingerprint density at radius 1 is 1.43 bits per heavy atom.